The molecule has 0 aliphatic carbocycles. The van der Waals surface area contributed by atoms with Gasteiger partial charge < -0.3 is 5.32 Å². The first-order valence-corrected chi connectivity index (χ1v) is 10.2. The minimum Gasteiger partial charge on any atom is -0.351 e. The van der Waals surface area contributed by atoms with Crippen molar-refractivity contribution in [2.45, 2.75) is 38.4 Å². The van der Waals surface area contributed by atoms with Gasteiger partial charge in [-0.25, -0.2) is 4.98 Å². The molecule has 3 rings (SSSR count). The number of nitrogens with one attached hydrogen (secondary N) is 1. The van der Waals surface area contributed by atoms with E-state index in [0.717, 1.165) is 5.56 Å². The highest BCUT2D eigenvalue weighted by Crippen LogP contribution is 2.23. The third-order valence-electron chi connectivity index (χ3n) is 3.94. The average molecular weight is 416 g/mol. The number of fused-ring (bicyclic) bond motifs is 1. The molecule has 0 atom stereocenters. The van der Waals surface area contributed by atoms with Gasteiger partial charge >= 0.3 is 0 Å². The molecule has 0 spiro atoms. The number of amides is 1. The fourth-order valence-corrected chi connectivity index (χ4v) is 3.72. The lowest BCUT2D eigenvalue weighted by atomic mass is 10.1. The number of carbonyl (C=O) groups excluding carboxylic acids is 1. The van der Waals surface area contributed by atoms with Gasteiger partial charge in [0.05, 0.1) is 22.3 Å². The molecule has 1 heterocycles. The van der Waals surface area contributed by atoms with Gasteiger partial charge in [-0.1, -0.05) is 41.1 Å². The number of rotatable bonds is 4. The molecule has 0 saturated heterocycles. The van der Waals surface area contributed by atoms with Crippen molar-refractivity contribution in [3.63, 3.8) is 0 Å². The van der Waals surface area contributed by atoms with Crippen molar-refractivity contribution in [2.75, 3.05) is 5.75 Å². The molecule has 0 bridgehead atoms. The number of aromatic nitrogens is 2. The Morgan fingerprint density at radius 2 is 1.86 bits per heavy atom. The van der Waals surface area contributed by atoms with Gasteiger partial charge in [0.1, 0.15) is 0 Å². The number of hydrogen-bond acceptors (Lipinski definition) is 4. The van der Waals surface area contributed by atoms with Crippen molar-refractivity contribution in [1.82, 2.24) is 14.9 Å². The molecule has 0 unspecified atom stereocenters. The van der Waals surface area contributed by atoms with E-state index in [1.807, 2.05) is 52.0 Å². The van der Waals surface area contributed by atoms with E-state index in [-0.39, 0.29) is 22.8 Å². The average Bonchev–Trinajstić information content (AvgIpc) is 2.59. The zero-order valence-electron chi connectivity index (χ0n) is 16.2. The lowest BCUT2D eigenvalue weighted by Crippen LogP contribution is -2.41. The summed E-state index contributed by atoms with van der Waals surface area (Å²) < 4.78 is 1.55. The maximum Gasteiger partial charge on any atom is 0.266 e. The summed E-state index contributed by atoms with van der Waals surface area (Å²) in [7, 11) is 0. The number of nitrogens with zero attached hydrogens (tertiary/aromatic N) is 2. The number of hydrogen-bond donors (Lipinski definition) is 1. The highest BCUT2D eigenvalue weighted by atomic mass is 35.5. The van der Waals surface area contributed by atoms with Crippen molar-refractivity contribution >= 4 is 40.2 Å². The minimum atomic E-state index is -0.321. The van der Waals surface area contributed by atoms with E-state index in [9.17, 15) is 9.59 Å². The SMILES string of the molecule is Cc1ccc(-n2c(SCC(=O)NC(C)(C)C)nc3cc(Cl)ccc3c2=O)cc1. The monoisotopic (exact) mass is 415 g/mol. The Bertz CT molecular complexity index is 1090. The van der Waals surface area contributed by atoms with E-state index in [4.69, 9.17) is 11.6 Å². The van der Waals surface area contributed by atoms with E-state index in [1.54, 1.807) is 22.8 Å². The van der Waals surface area contributed by atoms with E-state index < -0.39 is 0 Å². The Kier molecular flexibility index (Phi) is 5.82. The summed E-state index contributed by atoms with van der Waals surface area (Å²) in [6.07, 6.45) is 0. The first kappa shape index (κ1) is 20.4. The molecule has 3 aromatic rings. The van der Waals surface area contributed by atoms with Crippen molar-refractivity contribution in [3.05, 3.63) is 63.4 Å². The van der Waals surface area contributed by atoms with Gasteiger partial charge in [-0.05, 0) is 58.0 Å². The molecule has 0 fully saturated rings. The van der Waals surface area contributed by atoms with Crippen LogP contribution in [0.5, 0.6) is 0 Å². The maximum atomic E-state index is 13.2. The quantitative estimate of drug-likeness (QED) is 0.508. The van der Waals surface area contributed by atoms with E-state index in [2.05, 4.69) is 10.3 Å². The second-order valence-corrected chi connectivity index (χ2v) is 9.00. The van der Waals surface area contributed by atoms with Crippen LogP contribution < -0.4 is 10.9 Å². The second-order valence-electron chi connectivity index (χ2n) is 7.62. The van der Waals surface area contributed by atoms with E-state index >= 15 is 0 Å². The van der Waals surface area contributed by atoms with Crippen molar-refractivity contribution in [2.24, 2.45) is 0 Å². The topological polar surface area (TPSA) is 64.0 Å². The lowest BCUT2D eigenvalue weighted by Gasteiger charge is -2.20. The normalized spacial score (nSPS) is 11.6. The molecular formula is C21H22ClN3O2S. The molecule has 7 heteroatoms. The summed E-state index contributed by atoms with van der Waals surface area (Å²) in [5, 5.41) is 4.36. The zero-order valence-corrected chi connectivity index (χ0v) is 17.8. The van der Waals surface area contributed by atoms with E-state index in [1.165, 1.54) is 11.8 Å². The van der Waals surface area contributed by atoms with E-state index in [0.29, 0.717) is 26.8 Å². The Hall–Kier alpha value is -2.31. The summed E-state index contributed by atoms with van der Waals surface area (Å²) in [6.45, 7) is 7.76. The van der Waals surface area contributed by atoms with Crippen molar-refractivity contribution in [1.29, 1.82) is 0 Å². The largest absolute Gasteiger partial charge is 0.351 e. The number of carbonyl (C=O) groups is 1. The van der Waals surface area contributed by atoms with Gasteiger partial charge in [0.15, 0.2) is 5.16 Å². The zero-order chi connectivity index (χ0) is 20.5. The molecule has 1 amide bonds. The summed E-state index contributed by atoms with van der Waals surface area (Å²) in [5.41, 5.74) is 1.80. The molecule has 5 nitrogen and oxygen atoms in total. The van der Waals surface area contributed by atoms with Gasteiger partial charge in [-0.15, -0.1) is 0 Å². The second kappa shape index (κ2) is 7.97. The Labute approximate surface area is 173 Å². The van der Waals surface area contributed by atoms with Crippen LogP contribution in [0.4, 0.5) is 0 Å². The van der Waals surface area contributed by atoms with Gasteiger partial charge in [-0.2, -0.15) is 0 Å². The van der Waals surface area contributed by atoms with Crippen LogP contribution in [0.15, 0.2) is 52.4 Å². The number of thioether (sulfide) groups is 1. The molecule has 0 aliphatic rings. The Morgan fingerprint density at radius 1 is 1.18 bits per heavy atom. The summed E-state index contributed by atoms with van der Waals surface area (Å²) in [5.74, 6) is 0.0372. The van der Waals surface area contributed by atoms with Crippen LogP contribution >= 0.6 is 23.4 Å². The lowest BCUT2D eigenvalue weighted by molar-refractivity contribution is -0.119. The van der Waals surface area contributed by atoms with Crippen molar-refractivity contribution in [3.8, 4) is 5.69 Å². The molecule has 1 N–H and O–H groups in total. The molecule has 1 aromatic heterocycles. The predicted molar refractivity (Wildman–Crippen MR) is 116 cm³/mol. The third kappa shape index (κ3) is 4.75. The molecule has 0 saturated carbocycles. The molecule has 146 valence electrons. The van der Waals surface area contributed by atoms with Crippen LogP contribution in [0.2, 0.25) is 5.02 Å². The van der Waals surface area contributed by atoms with Gasteiger partial charge in [0.2, 0.25) is 5.91 Å². The highest BCUT2D eigenvalue weighted by Gasteiger charge is 2.17. The third-order valence-corrected chi connectivity index (χ3v) is 5.11. The summed E-state index contributed by atoms with van der Waals surface area (Å²) in [4.78, 5) is 30.1. The highest BCUT2D eigenvalue weighted by molar-refractivity contribution is 7.99. The van der Waals surface area contributed by atoms with Gasteiger partial charge in [-0.3, -0.25) is 14.2 Å². The van der Waals surface area contributed by atoms with Crippen LogP contribution in [-0.4, -0.2) is 26.8 Å². The fraction of sp³-hybridized carbons (Fsp3) is 0.286. The standard InChI is InChI=1S/C21H22ClN3O2S/c1-13-5-8-15(9-6-13)25-19(27)16-10-7-14(22)11-17(16)23-20(25)28-12-18(26)24-21(2,3)4/h5-11H,12H2,1-4H3,(H,24,26). The van der Waals surface area contributed by atoms with Crippen LogP contribution in [0, 0.1) is 6.92 Å². The Balaban J connectivity index is 2.08. The van der Waals surface area contributed by atoms with Gasteiger partial charge in [0, 0.05) is 10.6 Å². The summed E-state index contributed by atoms with van der Waals surface area (Å²) in [6, 6.07) is 12.6. The van der Waals surface area contributed by atoms with Crippen LogP contribution in [0.3, 0.4) is 0 Å². The summed E-state index contributed by atoms with van der Waals surface area (Å²) >= 11 is 7.30. The molecule has 2 aromatic carbocycles. The fourth-order valence-electron chi connectivity index (χ4n) is 2.74. The first-order valence-electron chi connectivity index (χ1n) is 8.87. The maximum absolute atomic E-state index is 13.2. The van der Waals surface area contributed by atoms with Gasteiger partial charge in [0.25, 0.3) is 5.56 Å². The Morgan fingerprint density at radius 3 is 2.50 bits per heavy atom. The van der Waals surface area contributed by atoms with Crippen LogP contribution in [0.25, 0.3) is 16.6 Å². The molecule has 0 radical (unpaired) electrons. The first-order chi connectivity index (χ1) is 13.1. The van der Waals surface area contributed by atoms with Crippen LogP contribution in [0.1, 0.15) is 26.3 Å². The minimum absolute atomic E-state index is 0.117. The van der Waals surface area contributed by atoms with Crippen molar-refractivity contribution < 1.29 is 4.79 Å². The van der Waals surface area contributed by atoms with Crippen LogP contribution in [-0.2, 0) is 4.79 Å². The number of halogens is 1. The molecule has 0 aliphatic heterocycles. The molecule has 28 heavy (non-hydrogen) atoms. The smallest absolute Gasteiger partial charge is 0.266 e. The molecular weight excluding hydrogens is 394 g/mol. The number of aryl methyl sites for hydroxylation is 1. The predicted octanol–water partition coefficient (Wildman–Crippen LogP) is 4.35. The number of benzene rings is 2.